The lowest BCUT2D eigenvalue weighted by molar-refractivity contribution is 0.100. The summed E-state index contributed by atoms with van der Waals surface area (Å²) in [6.45, 7) is 2.97. The van der Waals surface area contributed by atoms with Crippen molar-refractivity contribution in [2.75, 3.05) is 0 Å². The molecule has 32 heavy (non-hydrogen) atoms. The van der Waals surface area contributed by atoms with Crippen molar-refractivity contribution in [3.05, 3.63) is 95.6 Å². The number of nitrogens with two attached hydrogens (primary N) is 1. The fourth-order valence-corrected chi connectivity index (χ4v) is 4.82. The highest BCUT2D eigenvalue weighted by atomic mass is 16.1. The number of unbranched alkanes of at least 4 members (excludes halogenated alkanes) is 2. The van der Waals surface area contributed by atoms with Crippen molar-refractivity contribution >= 4 is 38.5 Å². The Balaban J connectivity index is 1.69. The van der Waals surface area contributed by atoms with Crippen LogP contribution in [-0.2, 0) is 13.0 Å². The summed E-state index contributed by atoms with van der Waals surface area (Å²) in [6.07, 6.45) is 4.72. The maximum atomic E-state index is 12.2. The maximum absolute atomic E-state index is 12.2. The topological polar surface area (TPSA) is 48.0 Å². The van der Waals surface area contributed by atoms with Crippen molar-refractivity contribution in [2.45, 2.75) is 39.2 Å². The lowest BCUT2D eigenvalue weighted by atomic mass is 10.0. The van der Waals surface area contributed by atoms with Crippen LogP contribution >= 0.6 is 0 Å². The number of primary amides is 1. The van der Waals surface area contributed by atoms with E-state index in [4.69, 9.17) is 5.73 Å². The summed E-state index contributed by atoms with van der Waals surface area (Å²) in [4.78, 5) is 12.2. The summed E-state index contributed by atoms with van der Waals surface area (Å²) < 4.78 is 2.34. The Kier molecular flexibility index (Phi) is 5.40. The Labute approximate surface area is 188 Å². The summed E-state index contributed by atoms with van der Waals surface area (Å²) in [5.74, 6) is -0.382. The van der Waals surface area contributed by atoms with E-state index in [-0.39, 0.29) is 5.91 Å². The Morgan fingerprint density at radius 3 is 2.44 bits per heavy atom. The summed E-state index contributed by atoms with van der Waals surface area (Å²) >= 11 is 0. The third-order valence-corrected chi connectivity index (χ3v) is 6.44. The Morgan fingerprint density at radius 2 is 1.62 bits per heavy atom. The molecule has 2 N–H and O–H groups in total. The molecule has 0 unspecified atom stereocenters. The van der Waals surface area contributed by atoms with E-state index < -0.39 is 0 Å². The number of hydrogen-bond donors (Lipinski definition) is 1. The van der Waals surface area contributed by atoms with Crippen LogP contribution in [0.4, 0.5) is 0 Å². The zero-order valence-corrected chi connectivity index (χ0v) is 18.5. The van der Waals surface area contributed by atoms with E-state index >= 15 is 0 Å². The minimum atomic E-state index is -0.382. The predicted molar refractivity (Wildman–Crippen MR) is 134 cm³/mol. The first-order chi connectivity index (χ1) is 15.7. The van der Waals surface area contributed by atoms with Crippen LogP contribution in [0.1, 0.15) is 47.7 Å². The molecule has 4 aromatic carbocycles. The van der Waals surface area contributed by atoms with Crippen molar-refractivity contribution < 1.29 is 4.79 Å². The number of benzene rings is 4. The number of rotatable bonds is 7. The summed E-state index contributed by atoms with van der Waals surface area (Å²) in [5, 5.41) is 4.53. The van der Waals surface area contributed by atoms with E-state index in [0.29, 0.717) is 5.56 Å². The molecule has 0 bridgehead atoms. The average Bonchev–Trinajstić information content (AvgIpc) is 3.12. The average molecular weight is 421 g/mol. The molecule has 5 rings (SSSR count). The first kappa shape index (κ1) is 20.3. The van der Waals surface area contributed by atoms with Gasteiger partial charge in [0.2, 0.25) is 5.91 Å². The third-order valence-electron chi connectivity index (χ3n) is 6.44. The smallest absolute Gasteiger partial charge is 0.249 e. The zero-order valence-electron chi connectivity index (χ0n) is 18.5. The van der Waals surface area contributed by atoms with Crippen molar-refractivity contribution in [3.63, 3.8) is 0 Å². The molecule has 0 saturated carbocycles. The van der Waals surface area contributed by atoms with Crippen LogP contribution in [0.2, 0.25) is 0 Å². The lowest BCUT2D eigenvalue weighted by Gasteiger charge is -2.10. The number of hydrogen-bond acceptors (Lipinski definition) is 1. The van der Waals surface area contributed by atoms with Crippen molar-refractivity contribution in [2.24, 2.45) is 5.73 Å². The van der Waals surface area contributed by atoms with Gasteiger partial charge in [0.25, 0.3) is 0 Å². The molecule has 0 radical (unpaired) electrons. The van der Waals surface area contributed by atoms with Crippen LogP contribution in [0, 0.1) is 0 Å². The number of carbonyl (C=O) groups excluding carboxylic acids is 1. The molecular weight excluding hydrogens is 392 g/mol. The number of aryl methyl sites for hydroxylation is 1. The molecule has 1 aromatic heterocycles. The number of nitrogens with zero attached hydrogens (tertiary/aromatic N) is 1. The van der Waals surface area contributed by atoms with Gasteiger partial charge in [0.15, 0.2) is 0 Å². The van der Waals surface area contributed by atoms with Gasteiger partial charge in [-0.3, -0.25) is 4.79 Å². The molecule has 5 aromatic rings. The van der Waals surface area contributed by atoms with Gasteiger partial charge in [0.05, 0.1) is 5.52 Å². The number of fused-ring (bicyclic) bond motifs is 4. The maximum Gasteiger partial charge on any atom is 0.249 e. The Hall–Kier alpha value is -3.59. The zero-order chi connectivity index (χ0) is 22.1. The van der Waals surface area contributed by atoms with Crippen LogP contribution in [0.15, 0.2) is 78.9 Å². The summed E-state index contributed by atoms with van der Waals surface area (Å²) in [5.41, 5.74) is 11.1. The third kappa shape index (κ3) is 3.64. The first-order valence-electron chi connectivity index (χ1n) is 11.5. The fourth-order valence-electron chi connectivity index (χ4n) is 4.82. The molecule has 0 aliphatic heterocycles. The van der Waals surface area contributed by atoms with Gasteiger partial charge in [-0.05, 0) is 59.0 Å². The van der Waals surface area contributed by atoms with E-state index in [1.807, 2.05) is 12.1 Å². The fraction of sp³-hybridized carbons (Fsp3) is 0.207. The summed E-state index contributed by atoms with van der Waals surface area (Å²) in [7, 11) is 0. The normalized spacial score (nSPS) is 11.5. The van der Waals surface area contributed by atoms with Crippen LogP contribution in [0.5, 0.6) is 0 Å². The van der Waals surface area contributed by atoms with Gasteiger partial charge >= 0.3 is 0 Å². The molecule has 1 heterocycles. The number of amides is 1. The van der Waals surface area contributed by atoms with Crippen molar-refractivity contribution in [1.29, 1.82) is 0 Å². The molecule has 0 fully saturated rings. The molecule has 3 nitrogen and oxygen atoms in total. The van der Waals surface area contributed by atoms with E-state index in [2.05, 4.69) is 78.2 Å². The number of carbonyl (C=O) groups is 1. The standard InChI is InChI=1S/C29H28N2O/c1-2-3-4-8-20-14-16-24-27(18-20)31(26-12-7-11-25(28(24)26)29(30)32)19-21-13-15-22-9-5-6-10-23(22)17-21/h5-7,9-18H,2-4,8,19H2,1H3,(H2,30,32). The molecule has 0 spiro atoms. The van der Waals surface area contributed by atoms with E-state index in [1.165, 1.54) is 41.2 Å². The second kappa shape index (κ2) is 8.51. The van der Waals surface area contributed by atoms with Crippen molar-refractivity contribution in [1.82, 2.24) is 4.57 Å². The molecule has 160 valence electrons. The second-order valence-electron chi connectivity index (χ2n) is 8.64. The molecular formula is C29H28N2O. The van der Waals surface area contributed by atoms with E-state index in [9.17, 15) is 4.79 Å². The van der Waals surface area contributed by atoms with Crippen LogP contribution in [0.3, 0.4) is 0 Å². The molecule has 0 aliphatic rings. The van der Waals surface area contributed by atoms with Gasteiger partial charge < -0.3 is 10.3 Å². The minimum Gasteiger partial charge on any atom is -0.366 e. The monoisotopic (exact) mass is 420 g/mol. The summed E-state index contributed by atoms with van der Waals surface area (Å²) in [6, 6.07) is 27.6. The SMILES string of the molecule is CCCCCc1ccc2c3c(C(N)=O)cccc3n(Cc3ccc4ccccc4c3)c2c1. The van der Waals surface area contributed by atoms with Crippen LogP contribution in [0.25, 0.3) is 32.6 Å². The van der Waals surface area contributed by atoms with Gasteiger partial charge in [-0.15, -0.1) is 0 Å². The number of aromatic nitrogens is 1. The predicted octanol–water partition coefficient (Wildman–Crippen LogP) is 6.83. The highest BCUT2D eigenvalue weighted by Crippen LogP contribution is 2.33. The van der Waals surface area contributed by atoms with Gasteiger partial charge in [0, 0.05) is 28.4 Å². The highest BCUT2D eigenvalue weighted by Gasteiger charge is 2.17. The molecule has 0 saturated heterocycles. The Morgan fingerprint density at radius 1 is 0.812 bits per heavy atom. The first-order valence-corrected chi connectivity index (χ1v) is 11.5. The molecule has 0 atom stereocenters. The van der Waals surface area contributed by atoms with Crippen LogP contribution in [-0.4, -0.2) is 10.5 Å². The minimum absolute atomic E-state index is 0.382. The Bertz CT molecular complexity index is 1440. The van der Waals surface area contributed by atoms with Gasteiger partial charge in [-0.25, -0.2) is 0 Å². The largest absolute Gasteiger partial charge is 0.366 e. The quantitative estimate of drug-likeness (QED) is 0.288. The highest BCUT2D eigenvalue weighted by molar-refractivity contribution is 6.18. The van der Waals surface area contributed by atoms with E-state index in [0.717, 1.165) is 34.8 Å². The van der Waals surface area contributed by atoms with Crippen LogP contribution < -0.4 is 5.73 Å². The van der Waals surface area contributed by atoms with Crippen molar-refractivity contribution in [3.8, 4) is 0 Å². The second-order valence-corrected chi connectivity index (χ2v) is 8.64. The van der Waals surface area contributed by atoms with Gasteiger partial charge in [0.1, 0.15) is 0 Å². The molecule has 0 aliphatic carbocycles. The molecule has 1 amide bonds. The molecule has 3 heteroatoms. The van der Waals surface area contributed by atoms with Gasteiger partial charge in [-0.1, -0.05) is 74.4 Å². The van der Waals surface area contributed by atoms with Gasteiger partial charge in [-0.2, -0.15) is 0 Å². The van der Waals surface area contributed by atoms with E-state index in [1.54, 1.807) is 0 Å². The lowest BCUT2D eigenvalue weighted by Crippen LogP contribution is -2.11.